The van der Waals surface area contributed by atoms with Crippen molar-refractivity contribution in [3.8, 4) is 22.8 Å². The van der Waals surface area contributed by atoms with Crippen molar-refractivity contribution in [3.05, 3.63) is 59.4 Å². The quantitative estimate of drug-likeness (QED) is 0.639. The van der Waals surface area contributed by atoms with E-state index in [1.54, 1.807) is 30.3 Å². The highest BCUT2D eigenvalue weighted by molar-refractivity contribution is 7.90. The Balaban J connectivity index is 1.96. The summed E-state index contributed by atoms with van der Waals surface area (Å²) in [4.78, 5) is 4.08. The molecular formula is C20H17F3N2O3S. The number of nitrogens with zero attached hydrogens (tertiary/aromatic N) is 2. The minimum Gasteiger partial charge on any atom is -0.497 e. The van der Waals surface area contributed by atoms with E-state index in [1.165, 1.54) is 23.8 Å². The van der Waals surface area contributed by atoms with Crippen LogP contribution >= 0.6 is 0 Å². The molecule has 0 N–H and O–H groups in total. The lowest BCUT2D eigenvalue weighted by atomic mass is 10.00. The van der Waals surface area contributed by atoms with E-state index in [0.29, 0.717) is 29.0 Å². The first kappa shape index (κ1) is 19.5. The van der Waals surface area contributed by atoms with Crippen LogP contribution in [0.4, 0.5) is 13.2 Å². The van der Waals surface area contributed by atoms with E-state index in [9.17, 15) is 21.6 Å². The molecule has 0 bridgehead atoms. The van der Waals surface area contributed by atoms with E-state index < -0.39 is 21.7 Å². The molecule has 0 amide bonds. The molecular weight excluding hydrogens is 405 g/mol. The Morgan fingerprint density at radius 3 is 2.34 bits per heavy atom. The van der Waals surface area contributed by atoms with Crippen LogP contribution in [-0.4, -0.2) is 31.3 Å². The molecule has 29 heavy (non-hydrogen) atoms. The zero-order chi connectivity index (χ0) is 21.0. The molecule has 2 heterocycles. The summed E-state index contributed by atoms with van der Waals surface area (Å²) < 4.78 is 71.3. The summed E-state index contributed by atoms with van der Waals surface area (Å²) >= 11 is 0. The number of sulfone groups is 1. The van der Waals surface area contributed by atoms with E-state index >= 15 is 0 Å². The minimum atomic E-state index is -4.59. The number of benzene rings is 2. The normalized spacial score (nSPS) is 13.7. The monoisotopic (exact) mass is 422 g/mol. The maximum absolute atomic E-state index is 13.6. The fourth-order valence-corrected chi connectivity index (χ4v) is 4.24. The highest BCUT2D eigenvalue weighted by Crippen LogP contribution is 2.40. The van der Waals surface area contributed by atoms with Gasteiger partial charge in [0.1, 0.15) is 11.6 Å². The summed E-state index contributed by atoms with van der Waals surface area (Å²) in [6.45, 7) is 0. The molecule has 4 rings (SSSR count). The maximum atomic E-state index is 13.6. The molecule has 9 heteroatoms. The first-order chi connectivity index (χ1) is 13.6. The molecule has 0 radical (unpaired) electrons. The van der Waals surface area contributed by atoms with Crippen LogP contribution in [0.1, 0.15) is 17.0 Å². The average molecular weight is 422 g/mol. The van der Waals surface area contributed by atoms with E-state index in [4.69, 9.17) is 4.74 Å². The van der Waals surface area contributed by atoms with Gasteiger partial charge < -0.3 is 4.74 Å². The summed E-state index contributed by atoms with van der Waals surface area (Å²) in [5, 5.41) is 0. The molecule has 5 nitrogen and oxygen atoms in total. The van der Waals surface area contributed by atoms with E-state index in [0.717, 1.165) is 6.26 Å². The molecule has 1 aliphatic rings. The summed E-state index contributed by atoms with van der Waals surface area (Å²) in [5.74, 6) is 0.733. The lowest BCUT2D eigenvalue weighted by molar-refractivity contribution is -0.141. The number of halogens is 3. The van der Waals surface area contributed by atoms with Gasteiger partial charge in [0.05, 0.1) is 23.4 Å². The summed E-state index contributed by atoms with van der Waals surface area (Å²) in [6.07, 6.45) is -3.08. The van der Waals surface area contributed by atoms with Crippen LogP contribution in [0.15, 0.2) is 47.4 Å². The molecule has 1 aromatic heterocycles. The van der Waals surface area contributed by atoms with E-state index in [1.807, 2.05) is 0 Å². The SMILES string of the molecule is COc1ccc(-c2nc(C(F)(F)F)c3n2-c2ccc(S(C)(=O)=O)cc2CC3)cc1. The van der Waals surface area contributed by atoms with Crippen LogP contribution in [0, 0.1) is 0 Å². The summed E-state index contributed by atoms with van der Waals surface area (Å²) in [6, 6.07) is 11.1. The zero-order valence-corrected chi connectivity index (χ0v) is 16.4. The van der Waals surface area contributed by atoms with Gasteiger partial charge in [0.15, 0.2) is 15.5 Å². The Hall–Kier alpha value is -2.81. The summed E-state index contributed by atoms with van der Waals surface area (Å²) in [7, 11) is -1.92. The van der Waals surface area contributed by atoms with Crippen molar-refractivity contribution >= 4 is 9.84 Å². The van der Waals surface area contributed by atoms with Crippen molar-refractivity contribution < 1.29 is 26.3 Å². The predicted octanol–water partition coefficient (Wildman–Crippen LogP) is 4.07. The number of methoxy groups -OCH3 is 1. The van der Waals surface area contributed by atoms with Crippen LogP contribution in [0.3, 0.4) is 0 Å². The highest BCUT2D eigenvalue weighted by Gasteiger charge is 2.40. The maximum Gasteiger partial charge on any atom is 0.435 e. The number of fused-ring (bicyclic) bond motifs is 3. The topological polar surface area (TPSA) is 61.2 Å². The molecule has 1 aliphatic heterocycles. The van der Waals surface area contributed by atoms with Gasteiger partial charge in [0.25, 0.3) is 0 Å². The van der Waals surface area contributed by atoms with Gasteiger partial charge in [0, 0.05) is 11.8 Å². The number of alkyl halides is 3. The molecule has 0 spiro atoms. The van der Waals surface area contributed by atoms with Crippen molar-refractivity contribution in [2.24, 2.45) is 0 Å². The Morgan fingerprint density at radius 1 is 1.07 bits per heavy atom. The van der Waals surface area contributed by atoms with Crippen LogP contribution in [-0.2, 0) is 28.9 Å². The minimum absolute atomic E-state index is 0.0722. The standard InChI is InChI=1S/C20H17F3N2O3S/c1-28-14-6-3-12(4-7-14)19-24-18(20(21,22)23)17-9-5-13-11-15(29(2,26)27)8-10-16(13)25(17)19/h3-4,6-8,10-11H,5,9H2,1-2H3. The molecule has 0 aliphatic carbocycles. The van der Waals surface area contributed by atoms with Crippen molar-refractivity contribution in [2.75, 3.05) is 13.4 Å². The third kappa shape index (κ3) is 3.39. The van der Waals surface area contributed by atoms with Crippen LogP contribution < -0.4 is 4.74 Å². The number of aryl methyl sites for hydroxylation is 1. The first-order valence-corrected chi connectivity index (χ1v) is 10.7. The highest BCUT2D eigenvalue weighted by atomic mass is 32.2. The van der Waals surface area contributed by atoms with Gasteiger partial charge in [-0.05, 0) is 60.9 Å². The van der Waals surface area contributed by atoms with Gasteiger partial charge in [-0.25, -0.2) is 13.4 Å². The molecule has 0 unspecified atom stereocenters. The van der Waals surface area contributed by atoms with E-state index in [2.05, 4.69) is 4.98 Å². The molecule has 0 fully saturated rings. The Labute approximate surface area is 165 Å². The van der Waals surface area contributed by atoms with Crippen molar-refractivity contribution in [3.63, 3.8) is 0 Å². The van der Waals surface area contributed by atoms with Gasteiger partial charge in [-0.1, -0.05) is 0 Å². The van der Waals surface area contributed by atoms with Crippen molar-refractivity contribution in [1.82, 2.24) is 9.55 Å². The molecule has 3 aromatic rings. The number of ether oxygens (including phenoxy) is 1. The second kappa shape index (κ2) is 6.62. The number of aromatic nitrogens is 2. The lowest BCUT2D eigenvalue weighted by Crippen LogP contribution is -2.17. The fraction of sp³-hybridized carbons (Fsp3) is 0.250. The third-order valence-electron chi connectivity index (χ3n) is 4.94. The lowest BCUT2D eigenvalue weighted by Gasteiger charge is -2.22. The Kier molecular flexibility index (Phi) is 4.45. The van der Waals surface area contributed by atoms with Crippen LogP contribution in [0.25, 0.3) is 17.1 Å². The molecule has 2 aromatic carbocycles. The second-order valence-corrected chi connectivity index (χ2v) is 8.87. The number of rotatable bonds is 3. The van der Waals surface area contributed by atoms with Gasteiger partial charge in [0.2, 0.25) is 0 Å². The second-order valence-electron chi connectivity index (χ2n) is 6.86. The van der Waals surface area contributed by atoms with Gasteiger partial charge in [-0.15, -0.1) is 0 Å². The third-order valence-corrected chi connectivity index (χ3v) is 6.05. The van der Waals surface area contributed by atoms with Crippen molar-refractivity contribution in [1.29, 1.82) is 0 Å². The fourth-order valence-electron chi connectivity index (χ4n) is 3.57. The van der Waals surface area contributed by atoms with Crippen molar-refractivity contribution in [2.45, 2.75) is 23.9 Å². The summed E-state index contributed by atoms with van der Waals surface area (Å²) in [5.41, 5.74) is 0.834. The predicted molar refractivity (Wildman–Crippen MR) is 101 cm³/mol. The van der Waals surface area contributed by atoms with Crippen LogP contribution in [0.2, 0.25) is 0 Å². The molecule has 0 saturated carbocycles. The Morgan fingerprint density at radius 2 is 1.76 bits per heavy atom. The first-order valence-electron chi connectivity index (χ1n) is 8.76. The number of hydrogen-bond acceptors (Lipinski definition) is 4. The number of imidazole rings is 1. The number of hydrogen-bond donors (Lipinski definition) is 0. The largest absolute Gasteiger partial charge is 0.497 e. The Bertz CT molecular complexity index is 1200. The smallest absolute Gasteiger partial charge is 0.435 e. The van der Waals surface area contributed by atoms with Crippen LogP contribution in [0.5, 0.6) is 5.75 Å². The zero-order valence-electron chi connectivity index (χ0n) is 15.6. The molecule has 0 atom stereocenters. The molecule has 0 saturated heterocycles. The van der Waals surface area contributed by atoms with Gasteiger partial charge in [-0.3, -0.25) is 4.57 Å². The van der Waals surface area contributed by atoms with Gasteiger partial charge in [-0.2, -0.15) is 13.2 Å². The van der Waals surface area contributed by atoms with E-state index in [-0.39, 0.29) is 22.8 Å². The van der Waals surface area contributed by atoms with Gasteiger partial charge >= 0.3 is 6.18 Å². The molecule has 152 valence electrons. The average Bonchev–Trinajstić information content (AvgIpc) is 3.07.